The molecular formula is C20H24ClN3O4. The maximum Gasteiger partial charge on any atom is 0.339 e. The third-order valence-electron chi connectivity index (χ3n) is 3.88. The third-order valence-corrected chi connectivity index (χ3v) is 4.16. The number of methoxy groups -OCH3 is 2. The lowest BCUT2D eigenvalue weighted by molar-refractivity contribution is 0.208. The molecule has 0 saturated heterocycles. The first-order valence-electron chi connectivity index (χ1n) is 8.75. The highest BCUT2D eigenvalue weighted by atomic mass is 35.5. The van der Waals surface area contributed by atoms with E-state index in [-0.39, 0.29) is 6.10 Å². The number of nitrogens with zero attached hydrogens (tertiary/aromatic N) is 1. The van der Waals surface area contributed by atoms with E-state index in [1.165, 1.54) is 20.4 Å². The smallest absolute Gasteiger partial charge is 0.339 e. The second-order valence-electron chi connectivity index (χ2n) is 5.90. The van der Waals surface area contributed by atoms with E-state index in [0.717, 1.165) is 6.42 Å². The Hall–Kier alpha value is -2.93. The van der Waals surface area contributed by atoms with Crippen LogP contribution >= 0.6 is 11.6 Å². The van der Waals surface area contributed by atoms with Gasteiger partial charge in [0.1, 0.15) is 5.75 Å². The fourth-order valence-corrected chi connectivity index (χ4v) is 2.54. The Morgan fingerprint density at radius 1 is 1.21 bits per heavy atom. The van der Waals surface area contributed by atoms with E-state index in [2.05, 4.69) is 15.8 Å². The maximum absolute atomic E-state index is 12.0. The summed E-state index contributed by atoms with van der Waals surface area (Å²) in [5.41, 5.74) is 3.58. The van der Waals surface area contributed by atoms with Crippen LogP contribution in [0, 0.1) is 0 Å². The van der Waals surface area contributed by atoms with Crippen LogP contribution in [0.15, 0.2) is 41.5 Å². The lowest BCUT2D eigenvalue weighted by Gasteiger charge is -2.17. The molecule has 2 aromatic rings. The fraction of sp³-hybridized carbons (Fsp3) is 0.300. The number of hydrazone groups is 1. The molecular weight excluding hydrogens is 382 g/mol. The van der Waals surface area contributed by atoms with E-state index in [1.807, 2.05) is 19.9 Å². The monoisotopic (exact) mass is 405 g/mol. The van der Waals surface area contributed by atoms with Crippen LogP contribution in [0.5, 0.6) is 17.2 Å². The Morgan fingerprint density at radius 3 is 2.61 bits per heavy atom. The van der Waals surface area contributed by atoms with Crippen molar-refractivity contribution in [1.82, 2.24) is 5.43 Å². The van der Waals surface area contributed by atoms with E-state index in [0.29, 0.717) is 33.5 Å². The van der Waals surface area contributed by atoms with Gasteiger partial charge in [0.05, 0.1) is 37.2 Å². The number of halogens is 1. The van der Waals surface area contributed by atoms with Crippen molar-refractivity contribution in [1.29, 1.82) is 0 Å². The van der Waals surface area contributed by atoms with E-state index >= 15 is 0 Å². The number of hydrogen-bond acceptors (Lipinski definition) is 5. The molecule has 2 N–H and O–H groups in total. The lowest BCUT2D eigenvalue weighted by atomic mass is 10.2. The molecule has 1 atom stereocenters. The summed E-state index contributed by atoms with van der Waals surface area (Å²) in [5.74, 6) is 1.53. The van der Waals surface area contributed by atoms with Gasteiger partial charge in [-0.15, -0.1) is 0 Å². The number of urea groups is 1. The number of benzene rings is 2. The molecule has 2 rings (SSSR count). The molecule has 0 aromatic heterocycles. The molecule has 0 bridgehead atoms. The van der Waals surface area contributed by atoms with Gasteiger partial charge in [0.15, 0.2) is 11.5 Å². The van der Waals surface area contributed by atoms with E-state index in [1.54, 1.807) is 30.3 Å². The predicted octanol–water partition coefficient (Wildman–Crippen LogP) is 4.69. The number of rotatable bonds is 8. The van der Waals surface area contributed by atoms with Crippen molar-refractivity contribution in [2.75, 3.05) is 19.5 Å². The third kappa shape index (κ3) is 5.79. The number of carbonyl (C=O) groups excluding carboxylic acids is 1. The van der Waals surface area contributed by atoms with Crippen molar-refractivity contribution < 1.29 is 19.0 Å². The number of amides is 2. The first-order valence-corrected chi connectivity index (χ1v) is 9.13. The topological polar surface area (TPSA) is 81.2 Å². The average Bonchev–Trinajstić information content (AvgIpc) is 2.69. The quantitative estimate of drug-likeness (QED) is 0.493. The van der Waals surface area contributed by atoms with Crippen LogP contribution in [0.4, 0.5) is 10.5 Å². The van der Waals surface area contributed by atoms with E-state index < -0.39 is 6.03 Å². The molecule has 0 spiro atoms. The van der Waals surface area contributed by atoms with Gasteiger partial charge in [0, 0.05) is 0 Å². The molecule has 8 heteroatoms. The zero-order chi connectivity index (χ0) is 20.5. The fourth-order valence-electron chi connectivity index (χ4n) is 2.28. The lowest BCUT2D eigenvalue weighted by Crippen LogP contribution is -2.24. The average molecular weight is 406 g/mol. The molecule has 0 aliphatic rings. The summed E-state index contributed by atoms with van der Waals surface area (Å²) in [4.78, 5) is 12.0. The largest absolute Gasteiger partial charge is 0.495 e. The summed E-state index contributed by atoms with van der Waals surface area (Å²) in [5, 5.41) is 7.00. The Morgan fingerprint density at radius 2 is 1.93 bits per heavy atom. The summed E-state index contributed by atoms with van der Waals surface area (Å²) >= 11 is 6.32. The molecule has 150 valence electrons. The van der Waals surface area contributed by atoms with Gasteiger partial charge in [-0.3, -0.25) is 0 Å². The second kappa shape index (κ2) is 10.4. The normalized spacial score (nSPS) is 11.8. The van der Waals surface area contributed by atoms with Crippen molar-refractivity contribution in [3.8, 4) is 17.2 Å². The number of anilines is 1. The maximum atomic E-state index is 12.0. The zero-order valence-corrected chi connectivity index (χ0v) is 17.0. The molecule has 0 saturated carbocycles. The van der Waals surface area contributed by atoms with Gasteiger partial charge in [-0.1, -0.05) is 30.7 Å². The van der Waals surface area contributed by atoms with Crippen LogP contribution < -0.4 is 25.0 Å². The minimum Gasteiger partial charge on any atom is -0.495 e. The van der Waals surface area contributed by atoms with Crippen LogP contribution in [0.3, 0.4) is 0 Å². The highest BCUT2D eigenvalue weighted by Crippen LogP contribution is 2.37. The molecule has 0 fully saturated rings. The molecule has 28 heavy (non-hydrogen) atoms. The van der Waals surface area contributed by atoms with Crippen LogP contribution in [0.2, 0.25) is 5.02 Å². The van der Waals surface area contributed by atoms with Crippen LogP contribution in [0.25, 0.3) is 0 Å². The van der Waals surface area contributed by atoms with Crippen molar-refractivity contribution in [2.45, 2.75) is 26.4 Å². The minimum atomic E-state index is -0.504. The molecule has 2 amide bonds. The number of nitrogens with one attached hydrogen (secondary N) is 2. The van der Waals surface area contributed by atoms with E-state index in [9.17, 15) is 4.79 Å². The highest BCUT2D eigenvalue weighted by molar-refractivity contribution is 6.32. The Kier molecular flexibility index (Phi) is 7.95. The number of ether oxygens (including phenoxy) is 3. The van der Waals surface area contributed by atoms with Crippen LogP contribution in [0.1, 0.15) is 25.8 Å². The summed E-state index contributed by atoms with van der Waals surface area (Å²) in [6, 6.07) is 9.98. The standard InChI is InChI=1S/C20H24ClN3O4/c1-5-13(2)28-19-15(21)10-14(11-18(19)27-4)12-22-24-20(25)23-16-8-6-7-9-17(16)26-3/h6-13H,5H2,1-4H3,(H2,23,24,25)/b22-12+/t13-/m1/s1. The summed E-state index contributed by atoms with van der Waals surface area (Å²) in [7, 11) is 3.07. The molecule has 0 heterocycles. The molecule has 0 aliphatic heterocycles. The van der Waals surface area contributed by atoms with Crippen molar-refractivity contribution in [2.24, 2.45) is 5.10 Å². The van der Waals surface area contributed by atoms with Crippen molar-refractivity contribution in [3.63, 3.8) is 0 Å². The zero-order valence-electron chi connectivity index (χ0n) is 16.3. The summed E-state index contributed by atoms with van der Waals surface area (Å²) in [6.07, 6.45) is 2.31. The summed E-state index contributed by atoms with van der Waals surface area (Å²) in [6.45, 7) is 3.98. The van der Waals surface area contributed by atoms with Crippen molar-refractivity contribution in [3.05, 3.63) is 47.0 Å². The number of hydrogen-bond donors (Lipinski definition) is 2. The number of carbonyl (C=O) groups is 1. The molecule has 7 nitrogen and oxygen atoms in total. The van der Waals surface area contributed by atoms with Crippen LogP contribution in [-0.2, 0) is 0 Å². The Bertz CT molecular complexity index is 842. The van der Waals surface area contributed by atoms with Gasteiger partial charge in [-0.2, -0.15) is 5.10 Å². The van der Waals surface area contributed by atoms with E-state index in [4.69, 9.17) is 25.8 Å². The Balaban J connectivity index is 2.05. The first kappa shape index (κ1) is 21.4. The van der Waals surface area contributed by atoms with Crippen LogP contribution in [-0.4, -0.2) is 32.6 Å². The van der Waals surface area contributed by atoms with Gasteiger partial charge in [0.25, 0.3) is 0 Å². The number of para-hydroxylation sites is 2. The van der Waals surface area contributed by atoms with Gasteiger partial charge in [-0.05, 0) is 43.2 Å². The SMILES string of the molecule is CC[C@@H](C)Oc1c(Cl)cc(/C=N/NC(=O)Nc2ccccc2OC)cc1OC. The molecule has 0 radical (unpaired) electrons. The molecule has 0 unspecified atom stereocenters. The summed E-state index contributed by atoms with van der Waals surface area (Å²) < 4.78 is 16.4. The first-order chi connectivity index (χ1) is 13.5. The predicted molar refractivity (Wildman–Crippen MR) is 111 cm³/mol. The second-order valence-corrected chi connectivity index (χ2v) is 6.30. The Labute approximate surface area is 169 Å². The van der Waals surface area contributed by atoms with Crippen molar-refractivity contribution >= 4 is 29.5 Å². The molecule has 0 aliphatic carbocycles. The van der Waals surface area contributed by atoms with Gasteiger partial charge >= 0.3 is 6.03 Å². The van der Waals surface area contributed by atoms with Gasteiger partial charge in [-0.25, -0.2) is 10.2 Å². The highest BCUT2D eigenvalue weighted by Gasteiger charge is 2.14. The molecule has 2 aromatic carbocycles. The van der Waals surface area contributed by atoms with Gasteiger partial charge < -0.3 is 19.5 Å². The van der Waals surface area contributed by atoms with Gasteiger partial charge in [0.2, 0.25) is 0 Å². The minimum absolute atomic E-state index is 0.00579.